The lowest BCUT2D eigenvalue weighted by Gasteiger charge is -1.97. The first-order valence-electron chi connectivity index (χ1n) is 4.79. The van der Waals surface area contributed by atoms with Crippen molar-refractivity contribution in [1.82, 2.24) is 0 Å². The Balaban J connectivity index is 2.24. The first kappa shape index (κ1) is 11.4. The molecule has 0 N–H and O–H groups in total. The van der Waals surface area contributed by atoms with E-state index in [-0.39, 0.29) is 0 Å². The Hall–Kier alpha value is -1.12. The van der Waals surface area contributed by atoms with Crippen molar-refractivity contribution in [2.75, 3.05) is 0 Å². The Labute approximate surface area is 108 Å². The molecule has 16 heavy (non-hydrogen) atoms. The molecule has 1 nitrogen and oxygen atoms in total. The van der Waals surface area contributed by atoms with Gasteiger partial charge in [-0.15, -0.1) is 0 Å². The number of nitrogens with zero attached hydrogens (tertiary/aromatic N) is 1. The van der Waals surface area contributed by atoms with Crippen molar-refractivity contribution in [2.45, 2.75) is 0 Å². The van der Waals surface area contributed by atoms with E-state index in [4.69, 9.17) is 11.6 Å². The highest BCUT2D eigenvalue weighted by molar-refractivity contribution is 9.10. The maximum atomic E-state index is 5.94. The molecule has 2 aromatic rings. The zero-order chi connectivity index (χ0) is 11.4. The standard InChI is InChI=1S/C13H9BrClN/c14-11-6-10(7-12(15)8-11)9-16-13-4-2-1-3-5-13/h1-9H/b16-9+. The molecule has 3 heteroatoms. The fourth-order valence-corrected chi connectivity index (χ4v) is 2.20. The first-order chi connectivity index (χ1) is 7.74. The largest absolute Gasteiger partial charge is 0.256 e. The Morgan fingerprint density at radius 1 is 1.06 bits per heavy atom. The van der Waals surface area contributed by atoms with Crippen LogP contribution < -0.4 is 0 Å². The molecule has 0 amide bonds. The Kier molecular flexibility index (Phi) is 3.75. The van der Waals surface area contributed by atoms with Crippen molar-refractivity contribution >= 4 is 39.4 Å². The van der Waals surface area contributed by atoms with Crippen LogP contribution in [0.4, 0.5) is 5.69 Å². The van der Waals surface area contributed by atoms with Crippen LogP contribution in [0.2, 0.25) is 5.02 Å². The molecular formula is C13H9BrClN. The molecule has 0 aromatic heterocycles. The zero-order valence-corrected chi connectivity index (χ0v) is 10.7. The van der Waals surface area contributed by atoms with E-state index in [1.807, 2.05) is 48.5 Å². The van der Waals surface area contributed by atoms with Crippen molar-refractivity contribution in [2.24, 2.45) is 4.99 Å². The van der Waals surface area contributed by atoms with Crippen LogP contribution in [0.3, 0.4) is 0 Å². The molecule has 80 valence electrons. The summed E-state index contributed by atoms with van der Waals surface area (Å²) in [6.07, 6.45) is 1.80. The monoisotopic (exact) mass is 293 g/mol. The summed E-state index contributed by atoms with van der Waals surface area (Å²) in [5.74, 6) is 0. The van der Waals surface area contributed by atoms with Crippen molar-refractivity contribution in [3.63, 3.8) is 0 Å². The molecule has 2 rings (SSSR count). The van der Waals surface area contributed by atoms with E-state index in [0.29, 0.717) is 5.02 Å². The minimum absolute atomic E-state index is 0.698. The van der Waals surface area contributed by atoms with E-state index in [0.717, 1.165) is 15.7 Å². The SMILES string of the molecule is Clc1cc(Br)cc(/C=N/c2ccccc2)c1. The maximum absolute atomic E-state index is 5.94. The molecular weight excluding hydrogens is 286 g/mol. The normalized spacial score (nSPS) is 10.9. The molecule has 0 unspecified atom stereocenters. The topological polar surface area (TPSA) is 12.4 Å². The van der Waals surface area contributed by atoms with Gasteiger partial charge in [0.05, 0.1) is 5.69 Å². The van der Waals surface area contributed by atoms with Gasteiger partial charge in [-0.05, 0) is 35.9 Å². The maximum Gasteiger partial charge on any atom is 0.0629 e. The molecule has 0 fully saturated rings. The molecule has 0 aliphatic carbocycles. The lowest BCUT2D eigenvalue weighted by molar-refractivity contribution is 1.52. The van der Waals surface area contributed by atoms with Crippen LogP contribution in [0.15, 0.2) is 58.0 Å². The molecule has 0 spiro atoms. The van der Waals surface area contributed by atoms with Crippen LogP contribution in [0.1, 0.15) is 5.56 Å². The van der Waals surface area contributed by atoms with Crippen LogP contribution in [-0.2, 0) is 0 Å². The second kappa shape index (κ2) is 5.28. The van der Waals surface area contributed by atoms with Gasteiger partial charge in [-0.3, -0.25) is 4.99 Å². The third-order valence-electron chi connectivity index (χ3n) is 2.00. The number of hydrogen-bond acceptors (Lipinski definition) is 1. The predicted molar refractivity (Wildman–Crippen MR) is 72.8 cm³/mol. The molecule has 0 aliphatic rings. The second-order valence-electron chi connectivity index (χ2n) is 3.30. The summed E-state index contributed by atoms with van der Waals surface area (Å²) in [5, 5.41) is 0.698. The van der Waals surface area contributed by atoms with Gasteiger partial charge < -0.3 is 0 Å². The summed E-state index contributed by atoms with van der Waals surface area (Å²) in [7, 11) is 0. The number of rotatable bonds is 2. The average Bonchev–Trinajstić information content (AvgIpc) is 2.27. The highest BCUT2D eigenvalue weighted by atomic mass is 79.9. The molecule has 0 radical (unpaired) electrons. The number of benzene rings is 2. The lowest BCUT2D eigenvalue weighted by atomic mass is 10.2. The predicted octanol–water partition coefficient (Wildman–Crippen LogP) is 4.85. The Morgan fingerprint density at radius 3 is 2.50 bits per heavy atom. The number of para-hydroxylation sites is 1. The van der Waals surface area contributed by atoms with Gasteiger partial charge in [0, 0.05) is 15.7 Å². The number of halogens is 2. The number of aliphatic imine (C=N–C) groups is 1. The van der Waals surface area contributed by atoms with Gasteiger partial charge in [0.2, 0.25) is 0 Å². The van der Waals surface area contributed by atoms with Crippen molar-refractivity contribution in [1.29, 1.82) is 0 Å². The van der Waals surface area contributed by atoms with Crippen LogP contribution in [-0.4, -0.2) is 6.21 Å². The van der Waals surface area contributed by atoms with Crippen LogP contribution in [0.5, 0.6) is 0 Å². The van der Waals surface area contributed by atoms with Gasteiger partial charge in [0.1, 0.15) is 0 Å². The highest BCUT2D eigenvalue weighted by Crippen LogP contribution is 2.19. The molecule has 0 heterocycles. The Morgan fingerprint density at radius 2 is 1.81 bits per heavy atom. The minimum Gasteiger partial charge on any atom is -0.256 e. The minimum atomic E-state index is 0.698. The highest BCUT2D eigenvalue weighted by Gasteiger charge is 1.95. The Bertz CT molecular complexity index is 488. The zero-order valence-electron chi connectivity index (χ0n) is 8.40. The smallest absolute Gasteiger partial charge is 0.0629 e. The van der Waals surface area contributed by atoms with Gasteiger partial charge in [-0.2, -0.15) is 0 Å². The average molecular weight is 295 g/mol. The number of hydrogen-bond donors (Lipinski definition) is 0. The summed E-state index contributed by atoms with van der Waals surface area (Å²) in [6, 6.07) is 15.5. The van der Waals surface area contributed by atoms with E-state index < -0.39 is 0 Å². The van der Waals surface area contributed by atoms with Crippen molar-refractivity contribution in [3.05, 3.63) is 63.6 Å². The molecule has 0 saturated heterocycles. The summed E-state index contributed by atoms with van der Waals surface area (Å²) in [4.78, 5) is 4.35. The van der Waals surface area contributed by atoms with Crippen LogP contribution in [0.25, 0.3) is 0 Å². The third-order valence-corrected chi connectivity index (χ3v) is 2.68. The summed E-state index contributed by atoms with van der Waals surface area (Å²) < 4.78 is 0.953. The summed E-state index contributed by atoms with van der Waals surface area (Å²) >= 11 is 9.33. The molecule has 0 atom stereocenters. The molecule has 0 bridgehead atoms. The van der Waals surface area contributed by atoms with Gasteiger partial charge >= 0.3 is 0 Å². The van der Waals surface area contributed by atoms with Crippen LogP contribution >= 0.6 is 27.5 Å². The fraction of sp³-hybridized carbons (Fsp3) is 0. The van der Waals surface area contributed by atoms with Gasteiger partial charge in [0.25, 0.3) is 0 Å². The van der Waals surface area contributed by atoms with Crippen LogP contribution in [0, 0.1) is 0 Å². The van der Waals surface area contributed by atoms with Gasteiger partial charge in [-0.1, -0.05) is 45.7 Å². The summed E-state index contributed by atoms with van der Waals surface area (Å²) in [5.41, 5.74) is 1.90. The van der Waals surface area contributed by atoms with Crippen molar-refractivity contribution in [3.8, 4) is 0 Å². The third kappa shape index (κ3) is 3.19. The first-order valence-corrected chi connectivity index (χ1v) is 5.96. The molecule has 0 aliphatic heterocycles. The van der Waals surface area contributed by atoms with E-state index in [1.165, 1.54) is 0 Å². The lowest BCUT2D eigenvalue weighted by Crippen LogP contribution is -1.80. The van der Waals surface area contributed by atoms with E-state index in [2.05, 4.69) is 20.9 Å². The molecule has 2 aromatic carbocycles. The van der Waals surface area contributed by atoms with E-state index in [9.17, 15) is 0 Å². The fourth-order valence-electron chi connectivity index (χ4n) is 1.31. The van der Waals surface area contributed by atoms with Crippen molar-refractivity contribution < 1.29 is 0 Å². The van der Waals surface area contributed by atoms with E-state index in [1.54, 1.807) is 6.21 Å². The quantitative estimate of drug-likeness (QED) is 0.702. The van der Waals surface area contributed by atoms with E-state index >= 15 is 0 Å². The second-order valence-corrected chi connectivity index (χ2v) is 4.65. The van der Waals surface area contributed by atoms with Gasteiger partial charge in [0.15, 0.2) is 0 Å². The summed E-state index contributed by atoms with van der Waals surface area (Å²) in [6.45, 7) is 0. The molecule has 0 saturated carbocycles. The van der Waals surface area contributed by atoms with Gasteiger partial charge in [-0.25, -0.2) is 0 Å².